The molecule has 1 aromatic rings. The monoisotopic (exact) mass is 364 g/mol. The fourth-order valence-corrected chi connectivity index (χ4v) is 2.92. The molecular formula is C20H32O4Si. The molecule has 0 radical (unpaired) electrons. The summed E-state index contributed by atoms with van der Waals surface area (Å²) in [5, 5.41) is 10.1. The van der Waals surface area contributed by atoms with E-state index >= 15 is 0 Å². The molecule has 0 saturated heterocycles. The Morgan fingerprint density at radius 3 is 2.48 bits per heavy atom. The minimum absolute atomic E-state index is 0.0732. The Hall–Kier alpha value is -1.27. The van der Waals surface area contributed by atoms with Crippen molar-refractivity contribution in [2.24, 2.45) is 0 Å². The van der Waals surface area contributed by atoms with Crippen LogP contribution in [-0.2, 0) is 20.6 Å². The van der Waals surface area contributed by atoms with Gasteiger partial charge in [-0.1, -0.05) is 57.2 Å². The average molecular weight is 365 g/mol. The van der Waals surface area contributed by atoms with Gasteiger partial charge in [-0.25, -0.2) is 0 Å². The van der Waals surface area contributed by atoms with E-state index in [1.54, 1.807) is 6.08 Å². The van der Waals surface area contributed by atoms with Gasteiger partial charge in [0.2, 0.25) is 0 Å². The molecule has 140 valence electrons. The zero-order chi connectivity index (χ0) is 18.9. The minimum atomic E-state index is -1.90. The van der Waals surface area contributed by atoms with Crippen LogP contribution in [0.25, 0.3) is 0 Å². The third-order valence-corrected chi connectivity index (χ3v) is 9.01. The molecule has 0 unspecified atom stereocenters. The SMILES string of the molecule is CC(C)(C)[Si](C)(C)OC[C@H](O)CC(=O)/C=C/COCc1ccccc1. The van der Waals surface area contributed by atoms with Crippen LogP contribution in [-0.4, -0.2) is 38.5 Å². The molecule has 25 heavy (non-hydrogen) atoms. The maximum absolute atomic E-state index is 11.9. The molecule has 0 spiro atoms. The van der Waals surface area contributed by atoms with Gasteiger partial charge in [0.05, 0.1) is 25.9 Å². The third kappa shape index (κ3) is 8.58. The molecule has 0 saturated carbocycles. The van der Waals surface area contributed by atoms with Gasteiger partial charge in [0.15, 0.2) is 14.1 Å². The van der Waals surface area contributed by atoms with Crippen LogP contribution in [0.3, 0.4) is 0 Å². The molecule has 1 aromatic carbocycles. The number of carbonyl (C=O) groups excluding carboxylic acids is 1. The van der Waals surface area contributed by atoms with E-state index in [4.69, 9.17) is 9.16 Å². The Bertz CT molecular complexity index is 547. The lowest BCUT2D eigenvalue weighted by atomic mass is 10.2. The number of ether oxygens (including phenoxy) is 1. The average Bonchev–Trinajstić information content (AvgIpc) is 2.52. The Kier molecular flexibility index (Phi) is 8.72. The number of allylic oxidation sites excluding steroid dienone is 1. The zero-order valence-corrected chi connectivity index (χ0v) is 17.1. The first kappa shape index (κ1) is 21.8. The van der Waals surface area contributed by atoms with Gasteiger partial charge < -0.3 is 14.3 Å². The molecule has 5 heteroatoms. The van der Waals surface area contributed by atoms with E-state index in [0.717, 1.165) is 5.56 Å². The lowest BCUT2D eigenvalue weighted by Gasteiger charge is -2.36. The second-order valence-corrected chi connectivity index (χ2v) is 12.6. The number of rotatable bonds is 10. The van der Waals surface area contributed by atoms with E-state index in [-0.39, 0.29) is 23.8 Å². The van der Waals surface area contributed by atoms with Gasteiger partial charge in [-0.15, -0.1) is 0 Å². The van der Waals surface area contributed by atoms with Crippen molar-refractivity contribution in [2.75, 3.05) is 13.2 Å². The van der Waals surface area contributed by atoms with Gasteiger partial charge in [0.25, 0.3) is 0 Å². The van der Waals surface area contributed by atoms with Crippen LogP contribution in [0.4, 0.5) is 0 Å². The van der Waals surface area contributed by atoms with Gasteiger partial charge in [-0.3, -0.25) is 4.79 Å². The summed E-state index contributed by atoms with van der Waals surface area (Å²) < 4.78 is 11.4. The first-order chi connectivity index (χ1) is 11.6. The maximum atomic E-state index is 11.9. The van der Waals surface area contributed by atoms with Gasteiger partial charge in [0.1, 0.15) is 0 Å². The predicted molar refractivity (Wildman–Crippen MR) is 104 cm³/mol. The van der Waals surface area contributed by atoms with E-state index in [0.29, 0.717) is 13.2 Å². The third-order valence-electron chi connectivity index (χ3n) is 4.51. The summed E-state index contributed by atoms with van der Waals surface area (Å²) >= 11 is 0. The number of benzene rings is 1. The normalized spacial score (nSPS) is 14.0. The first-order valence-electron chi connectivity index (χ1n) is 8.75. The van der Waals surface area contributed by atoms with Crippen molar-refractivity contribution < 1.29 is 19.1 Å². The standard InChI is InChI=1S/C20H32O4Si/c1-20(2,3)25(4,5)24-16-19(22)14-18(21)12-9-13-23-15-17-10-7-6-8-11-17/h6-12,19,22H,13-16H2,1-5H3/b12-9+/t19-/m1/s1. The van der Waals surface area contributed by atoms with Crippen molar-refractivity contribution in [1.82, 2.24) is 0 Å². The summed E-state index contributed by atoms with van der Waals surface area (Å²) in [5.74, 6) is -0.116. The van der Waals surface area contributed by atoms with Gasteiger partial charge >= 0.3 is 0 Å². The molecule has 1 atom stereocenters. The lowest BCUT2D eigenvalue weighted by molar-refractivity contribution is -0.116. The molecule has 1 N–H and O–H groups in total. The molecule has 0 bridgehead atoms. The largest absolute Gasteiger partial charge is 0.414 e. The first-order valence-corrected chi connectivity index (χ1v) is 11.7. The summed E-state index contributed by atoms with van der Waals surface area (Å²) in [6, 6.07) is 9.88. The molecule has 4 nitrogen and oxygen atoms in total. The highest BCUT2D eigenvalue weighted by Gasteiger charge is 2.37. The van der Waals surface area contributed by atoms with Crippen LogP contribution >= 0.6 is 0 Å². The van der Waals surface area contributed by atoms with Crippen LogP contribution in [0.15, 0.2) is 42.5 Å². The molecule has 0 amide bonds. The quantitative estimate of drug-likeness (QED) is 0.386. The van der Waals surface area contributed by atoms with Crippen molar-refractivity contribution in [3.05, 3.63) is 48.0 Å². The van der Waals surface area contributed by atoms with Crippen LogP contribution in [0.1, 0.15) is 32.8 Å². The summed E-state index contributed by atoms with van der Waals surface area (Å²) in [6.45, 7) is 11.8. The molecule has 1 rings (SSSR count). The smallest absolute Gasteiger partial charge is 0.192 e. The number of hydrogen-bond acceptors (Lipinski definition) is 4. The van der Waals surface area contributed by atoms with Crippen molar-refractivity contribution >= 4 is 14.1 Å². The van der Waals surface area contributed by atoms with E-state index < -0.39 is 14.4 Å². The molecule has 0 aliphatic carbocycles. The number of ketones is 1. The zero-order valence-electron chi connectivity index (χ0n) is 16.1. The molecule has 0 aliphatic heterocycles. The minimum Gasteiger partial charge on any atom is -0.414 e. The summed E-state index contributed by atoms with van der Waals surface area (Å²) in [5.41, 5.74) is 1.10. The number of hydrogen-bond donors (Lipinski definition) is 1. The summed E-state index contributed by atoms with van der Waals surface area (Å²) in [6.07, 6.45) is 2.47. The van der Waals surface area contributed by atoms with Crippen LogP contribution in [0.2, 0.25) is 18.1 Å². The fraction of sp³-hybridized carbons (Fsp3) is 0.550. The fourth-order valence-electron chi connectivity index (χ4n) is 1.88. The second kappa shape index (κ2) is 10.0. The Morgan fingerprint density at radius 1 is 1.24 bits per heavy atom. The van der Waals surface area contributed by atoms with Crippen molar-refractivity contribution in [1.29, 1.82) is 0 Å². The molecule has 0 heterocycles. The van der Waals surface area contributed by atoms with E-state index in [1.807, 2.05) is 30.3 Å². The van der Waals surface area contributed by atoms with Gasteiger partial charge in [-0.2, -0.15) is 0 Å². The Morgan fingerprint density at radius 2 is 1.88 bits per heavy atom. The van der Waals surface area contributed by atoms with E-state index in [9.17, 15) is 9.90 Å². The molecular weight excluding hydrogens is 332 g/mol. The van der Waals surface area contributed by atoms with Gasteiger partial charge in [-0.05, 0) is 29.8 Å². The number of aliphatic hydroxyl groups excluding tert-OH is 1. The molecule has 0 aromatic heterocycles. The number of carbonyl (C=O) groups is 1. The van der Waals surface area contributed by atoms with E-state index in [1.165, 1.54) is 6.08 Å². The number of aliphatic hydroxyl groups is 1. The van der Waals surface area contributed by atoms with Crippen molar-refractivity contribution in [3.63, 3.8) is 0 Å². The van der Waals surface area contributed by atoms with Crippen LogP contribution in [0.5, 0.6) is 0 Å². The van der Waals surface area contributed by atoms with Crippen molar-refractivity contribution in [3.8, 4) is 0 Å². The predicted octanol–water partition coefficient (Wildman–Crippen LogP) is 4.10. The second-order valence-electron chi connectivity index (χ2n) is 7.80. The lowest BCUT2D eigenvalue weighted by Crippen LogP contribution is -2.42. The van der Waals surface area contributed by atoms with Crippen LogP contribution in [0, 0.1) is 0 Å². The van der Waals surface area contributed by atoms with Crippen LogP contribution < -0.4 is 0 Å². The summed E-state index contributed by atoms with van der Waals surface area (Å²) in [4.78, 5) is 11.9. The highest BCUT2D eigenvalue weighted by molar-refractivity contribution is 6.74. The van der Waals surface area contributed by atoms with Crippen molar-refractivity contribution in [2.45, 2.75) is 58.0 Å². The topological polar surface area (TPSA) is 55.8 Å². The highest BCUT2D eigenvalue weighted by Crippen LogP contribution is 2.36. The Labute approximate surface area is 153 Å². The van der Waals surface area contributed by atoms with Gasteiger partial charge in [0, 0.05) is 6.42 Å². The molecule has 0 aliphatic rings. The Balaban J connectivity index is 2.24. The molecule has 0 fully saturated rings. The highest BCUT2D eigenvalue weighted by atomic mass is 28.4. The summed E-state index contributed by atoms with van der Waals surface area (Å²) in [7, 11) is -1.90. The van der Waals surface area contributed by atoms with E-state index in [2.05, 4.69) is 33.9 Å². The maximum Gasteiger partial charge on any atom is 0.192 e.